The summed E-state index contributed by atoms with van der Waals surface area (Å²) in [7, 11) is 1.65. The summed E-state index contributed by atoms with van der Waals surface area (Å²) in [5.41, 5.74) is 5.18. The van der Waals surface area contributed by atoms with Crippen LogP contribution in [0.1, 0.15) is 54.5 Å². The monoisotopic (exact) mass is 477 g/mol. The van der Waals surface area contributed by atoms with Gasteiger partial charge in [-0.2, -0.15) is 5.10 Å². The van der Waals surface area contributed by atoms with Gasteiger partial charge in [0.05, 0.1) is 37.9 Å². The fraction of sp³-hybridized carbons (Fsp3) is 0.464. The lowest BCUT2D eigenvalue weighted by molar-refractivity contribution is -0.149. The van der Waals surface area contributed by atoms with E-state index in [0.717, 1.165) is 33.7 Å². The molecule has 2 aromatic carbocycles. The number of carbonyl (C=O) groups is 2. The van der Waals surface area contributed by atoms with Gasteiger partial charge in [-0.25, -0.2) is 5.01 Å². The van der Waals surface area contributed by atoms with Gasteiger partial charge < -0.3 is 9.47 Å². The van der Waals surface area contributed by atoms with Crippen LogP contribution in [0.5, 0.6) is 5.75 Å². The van der Waals surface area contributed by atoms with Gasteiger partial charge in [0.1, 0.15) is 5.75 Å². The molecule has 2 aliphatic rings. The molecule has 0 spiro atoms. The molecule has 1 atom stereocenters. The lowest BCUT2D eigenvalue weighted by atomic mass is 9.93. The van der Waals surface area contributed by atoms with Gasteiger partial charge in [0.15, 0.2) is 0 Å². The Labute approximate surface area is 207 Å². The topological polar surface area (TPSA) is 71.4 Å². The van der Waals surface area contributed by atoms with Crippen molar-refractivity contribution in [1.82, 2.24) is 9.91 Å². The van der Waals surface area contributed by atoms with Crippen molar-refractivity contribution in [3.05, 3.63) is 64.7 Å². The Bertz CT molecular complexity index is 1110. The molecule has 0 saturated carbocycles. The Morgan fingerprint density at radius 1 is 1.09 bits per heavy atom. The van der Waals surface area contributed by atoms with Crippen LogP contribution >= 0.6 is 0 Å². The molecule has 7 heteroatoms. The van der Waals surface area contributed by atoms with Crippen LogP contribution in [-0.2, 0) is 14.3 Å². The standard InChI is InChI=1S/C28H35N3O4/c1-5-35-28(33)21-12-14-30(15-13-21)18-27(32)31-25(23-16-19(2)10-11-20(23)3)17-24(29-31)22-8-6-7-9-26(22)34-4/h6-11,16,21,25H,5,12-15,17-18H2,1-4H3/t25-/m1/s1. The van der Waals surface area contributed by atoms with Crippen LogP contribution in [0.25, 0.3) is 0 Å². The highest BCUT2D eigenvalue weighted by molar-refractivity contribution is 6.05. The fourth-order valence-electron chi connectivity index (χ4n) is 5.00. The Morgan fingerprint density at radius 2 is 1.83 bits per heavy atom. The van der Waals surface area contributed by atoms with Gasteiger partial charge in [-0.05, 0) is 70.0 Å². The number of ether oxygens (including phenoxy) is 2. The Kier molecular flexibility index (Phi) is 7.86. The van der Waals surface area contributed by atoms with Gasteiger partial charge in [0, 0.05) is 12.0 Å². The number of hydrogen-bond acceptors (Lipinski definition) is 6. The smallest absolute Gasteiger partial charge is 0.309 e. The number of esters is 1. The number of hydrazone groups is 1. The highest BCUT2D eigenvalue weighted by Gasteiger charge is 2.36. The molecule has 2 aromatic rings. The summed E-state index contributed by atoms with van der Waals surface area (Å²) in [6.45, 7) is 8.05. The molecule has 2 heterocycles. The number of nitrogens with zero attached hydrogens (tertiary/aromatic N) is 3. The maximum atomic E-state index is 13.6. The second kappa shape index (κ2) is 11.0. The number of aryl methyl sites for hydroxylation is 2. The number of likely N-dealkylation sites (tertiary alicyclic amines) is 1. The average Bonchev–Trinajstić information content (AvgIpc) is 3.31. The van der Waals surface area contributed by atoms with Crippen LogP contribution in [0.3, 0.4) is 0 Å². The summed E-state index contributed by atoms with van der Waals surface area (Å²) >= 11 is 0. The van der Waals surface area contributed by atoms with Crippen molar-refractivity contribution in [2.24, 2.45) is 11.0 Å². The van der Waals surface area contributed by atoms with Crippen molar-refractivity contribution in [3.63, 3.8) is 0 Å². The van der Waals surface area contributed by atoms with E-state index >= 15 is 0 Å². The first-order valence-electron chi connectivity index (χ1n) is 12.4. The summed E-state index contributed by atoms with van der Waals surface area (Å²) in [4.78, 5) is 27.8. The van der Waals surface area contributed by atoms with Gasteiger partial charge in [-0.1, -0.05) is 35.9 Å². The predicted octanol–water partition coefficient (Wildman–Crippen LogP) is 4.26. The first-order valence-corrected chi connectivity index (χ1v) is 12.4. The first kappa shape index (κ1) is 24.9. The summed E-state index contributed by atoms with van der Waals surface area (Å²) < 4.78 is 10.8. The number of piperidine rings is 1. The van der Waals surface area contributed by atoms with E-state index in [9.17, 15) is 9.59 Å². The largest absolute Gasteiger partial charge is 0.496 e. The molecule has 0 aromatic heterocycles. The second-order valence-electron chi connectivity index (χ2n) is 9.37. The molecular formula is C28H35N3O4. The number of para-hydroxylation sites is 1. The Morgan fingerprint density at radius 3 is 2.54 bits per heavy atom. The number of methoxy groups -OCH3 is 1. The summed E-state index contributed by atoms with van der Waals surface area (Å²) in [6, 6.07) is 14.0. The summed E-state index contributed by atoms with van der Waals surface area (Å²) in [5, 5.41) is 6.52. The molecule has 0 bridgehead atoms. The van der Waals surface area contributed by atoms with Crippen molar-refractivity contribution < 1.29 is 19.1 Å². The number of carbonyl (C=O) groups excluding carboxylic acids is 2. The fourth-order valence-corrected chi connectivity index (χ4v) is 5.00. The molecule has 1 saturated heterocycles. The number of hydrogen-bond donors (Lipinski definition) is 0. The van der Waals surface area contributed by atoms with E-state index in [0.29, 0.717) is 39.0 Å². The van der Waals surface area contributed by atoms with Crippen LogP contribution in [-0.4, -0.2) is 60.8 Å². The SMILES string of the molecule is CCOC(=O)C1CCN(CC(=O)N2N=C(c3ccccc3OC)C[C@@H]2c2cc(C)ccc2C)CC1. The minimum Gasteiger partial charge on any atom is -0.496 e. The average molecular weight is 478 g/mol. The van der Waals surface area contributed by atoms with Crippen LogP contribution < -0.4 is 4.74 Å². The van der Waals surface area contributed by atoms with E-state index in [1.807, 2.05) is 31.2 Å². The third-order valence-corrected chi connectivity index (χ3v) is 6.94. The molecule has 7 nitrogen and oxygen atoms in total. The van der Waals surface area contributed by atoms with Crippen molar-refractivity contribution in [3.8, 4) is 5.75 Å². The normalized spacial score (nSPS) is 18.9. The van der Waals surface area contributed by atoms with E-state index in [-0.39, 0.29) is 30.4 Å². The minimum atomic E-state index is -0.167. The third kappa shape index (κ3) is 5.56. The van der Waals surface area contributed by atoms with E-state index in [2.05, 4.69) is 36.9 Å². The molecule has 4 rings (SSSR count). The number of rotatable bonds is 7. The molecule has 1 fully saturated rings. The lowest BCUT2D eigenvalue weighted by Crippen LogP contribution is -2.43. The van der Waals surface area contributed by atoms with E-state index < -0.39 is 0 Å². The zero-order valence-corrected chi connectivity index (χ0v) is 21.1. The van der Waals surface area contributed by atoms with Gasteiger partial charge >= 0.3 is 5.97 Å². The summed E-state index contributed by atoms with van der Waals surface area (Å²) in [6.07, 6.45) is 2.05. The van der Waals surface area contributed by atoms with Crippen molar-refractivity contribution in [1.29, 1.82) is 0 Å². The zero-order valence-electron chi connectivity index (χ0n) is 21.1. The van der Waals surface area contributed by atoms with Crippen LogP contribution in [0, 0.1) is 19.8 Å². The number of benzene rings is 2. The quantitative estimate of drug-likeness (QED) is 0.557. The van der Waals surface area contributed by atoms with Crippen molar-refractivity contribution in [2.75, 3.05) is 33.4 Å². The zero-order chi connectivity index (χ0) is 24.9. The maximum absolute atomic E-state index is 13.6. The second-order valence-corrected chi connectivity index (χ2v) is 9.37. The van der Waals surface area contributed by atoms with Crippen molar-refractivity contribution >= 4 is 17.6 Å². The maximum Gasteiger partial charge on any atom is 0.309 e. The van der Waals surface area contributed by atoms with E-state index in [4.69, 9.17) is 14.6 Å². The molecule has 0 unspecified atom stereocenters. The van der Waals surface area contributed by atoms with Crippen LogP contribution in [0.2, 0.25) is 0 Å². The van der Waals surface area contributed by atoms with Gasteiger partial charge in [0.25, 0.3) is 5.91 Å². The number of amides is 1. The molecule has 35 heavy (non-hydrogen) atoms. The Balaban J connectivity index is 1.55. The highest BCUT2D eigenvalue weighted by atomic mass is 16.5. The highest BCUT2D eigenvalue weighted by Crippen LogP contribution is 2.37. The van der Waals surface area contributed by atoms with Gasteiger partial charge in [-0.15, -0.1) is 0 Å². The molecule has 0 radical (unpaired) electrons. The Hall–Kier alpha value is -3.19. The van der Waals surface area contributed by atoms with E-state index in [1.54, 1.807) is 12.1 Å². The molecule has 0 aliphatic carbocycles. The third-order valence-electron chi connectivity index (χ3n) is 6.94. The van der Waals surface area contributed by atoms with E-state index in [1.165, 1.54) is 0 Å². The van der Waals surface area contributed by atoms with Gasteiger partial charge in [0.2, 0.25) is 0 Å². The molecular weight excluding hydrogens is 442 g/mol. The minimum absolute atomic E-state index is 0.0320. The lowest BCUT2D eigenvalue weighted by Gasteiger charge is -2.32. The predicted molar refractivity (Wildman–Crippen MR) is 135 cm³/mol. The molecule has 1 amide bonds. The summed E-state index contributed by atoms with van der Waals surface area (Å²) in [5.74, 6) is 0.515. The molecule has 2 aliphatic heterocycles. The van der Waals surface area contributed by atoms with Crippen LogP contribution in [0.15, 0.2) is 47.6 Å². The van der Waals surface area contributed by atoms with Crippen LogP contribution in [0.4, 0.5) is 0 Å². The van der Waals surface area contributed by atoms with Crippen molar-refractivity contribution in [2.45, 2.75) is 46.1 Å². The molecule has 186 valence electrons. The van der Waals surface area contributed by atoms with Gasteiger partial charge in [-0.3, -0.25) is 14.5 Å². The molecule has 0 N–H and O–H groups in total. The first-order chi connectivity index (χ1) is 16.9.